The largest absolute Gasteiger partial charge is 0.300 e. The monoisotopic (exact) mass is 264 g/mol. The SMILES string of the molecule is CC(=O)Cc1c(Cl)ccc(Br)c1F. The zero-order valence-electron chi connectivity index (χ0n) is 6.90. The molecule has 0 bridgehead atoms. The molecule has 0 unspecified atom stereocenters. The number of rotatable bonds is 2. The summed E-state index contributed by atoms with van der Waals surface area (Å²) < 4.78 is 13.7. The minimum atomic E-state index is -0.456. The Morgan fingerprint density at radius 3 is 2.77 bits per heavy atom. The normalized spacial score (nSPS) is 10.2. The van der Waals surface area contributed by atoms with Crippen molar-refractivity contribution in [1.29, 1.82) is 0 Å². The Bertz CT molecular complexity index is 352. The summed E-state index contributed by atoms with van der Waals surface area (Å²) in [7, 11) is 0. The molecular formula is C9H7BrClFO. The second-order valence-electron chi connectivity index (χ2n) is 2.70. The summed E-state index contributed by atoms with van der Waals surface area (Å²) in [4.78, 5) is 10.8. The number of hydrogen-bond acceptors (Lipinski definition) is 1. The first-order chi connectivity index (χ1) is 6.02. The summed E-state index contributed by atoms with van der Waals surface area (Å²) in [6.45, 7) is 1.40. The number of ketones is 1. The molecule has 0 amide bonds. The summed E-state index contributed by atoms with van der Waals surface area (Å²) in [6.07, 6.45) is 0.0319. The van der Waals surface area contributed by atoms with E-state index in [4.69, 9.17) is 11.6 Å². The minimum Gasteiger partial charge on any atom is -0.300 e. The molecule has 0 spiro atoms. The molecule has 1 rings (SSSR count). The minimum absolute atomic E-state index is 0.0319. The van der Waals surface area contributed by atoms with E-state index in [-0.39, 0.29) is 22.8 Å². The quantitative estimate of drug-likeness (QED) is 0.749. The maximum absolute atomic E-state index is 13.3. The van der Waals surface area contributed by atoms with Gasteiger partial charge in [0.15, 0.2) is 0 Å². The van der Waals surface area contributed by atoms with Crippen LogP contribution in [0.2, 0.25) is 5.02 Å². The van der Waals surface area contributed by atoms with Gasteiger partial charge >= 0.3 is 0 Å². The first kappa shape index (κ1) is 10.7. The zero-order valence-corrected chi connectivity index (χ0v) is 9.25. The van der Waals surface area contributed by atoms with Gasteiger partial charge in [-0.2, -0.15) is 0 Å². The third kappa shape index (κ3) is 2.51. The van der Waals surface area contributed by atoms with Crippen LogP contribution >= 0.6 is 27.5 Å². The van der Waals surface area contributed by atoms with E-state index in [0.717, 1.165) is 0 Å². The Balaban J connectivity index is 3.17. The molecule has 0 aromatic heterocycles. The molecule has 13 heavy (non-hydrogen) atoms. The highest BCUT2D eigenvalue weighted by molar-refractivity contribution is 9.10. The molecule has 0 aliphatic rings. The third-order valence-electron chi connectivity index (χ3n) is 1.56. The molecule has 0 heterocycles. The van der Waals surface area contributed by atoms with Crippen molar-refractivity contribution in [2.45, 2.75) is 13.3 Å². The number of hydrogen-bond donors (Lipinski definition) is 0. The summed E-state index contributed by atoms with van der Waals surface area (Å²) in [6, 6.07) is 3.08. The molecular weight excluding hydrogens is 258 g/mol. The number of halogens is 3. The average Bonchev–Trinajstić information content (AvgIpc) is 2.05. The van der Waals surface area contributed by atoms with Crippen molar-refractivity contribution < 1.29 is 9.18 Å². The van der Waals surface area contributed by atoms with Crippen LogP contribution in [0.15, 0.2) is 16.6 Å². The van der Waals surface area contributed by atoms with Crippen molar-refractivity contribution >= 4 is 33.3 Å². The van der Waals surface area contributed by atoms with Crippen molar-refractivity contribution in [3.05, 3.63) is 33.0 Å². The Morgan fingerprint density at radius 1 is 1.62 bits per heavy atom. The van der Waals surface area contributed by atoms with Crippen LogP contribution in [0.1, 0.15) is 12.5 Å². The Labute approximate surface area is 89.0 Å². The van der Waals surface area contributed by atoms with Gasteiger partial charge in [0.05, 0.1) is 4.47 Å². The van der Waals surface area contributed by atoms with Crippen LogP contribution in [0, 0.1) is 5.82 Å². The molecule has 0 radical (unpaired) electrons. The van der Waals surface area contributed by atoms with Crippen molar-refractivity contribution in [2.24, 2.45) is 0 Å². The molecule has 1 aromatic rings. The van der Waals surface area contributed by atoms with Crippen molar-refractivity contribution in [3.63, 3.8) is 0 Å². The van der Waals surface area contributed by atoms with Gasteiger partial charge in [-0.15, -0.1) is 0 Å². The van der Waals surface area contributed by atoms with E-state index in [2.05, 4.69) is 15.9 Å². The van der Waals surface area contributed by atoms with Gasteiger partial charge in [0.2, 0.25) is 0 Å². The molecule has 0 atom stereocenters. The lowest BCUT2D eigenvalue weighted by Crippen LogP contribution is -2.00. The van der Waals surface area contributed by atoms with Gasteiger partial charge in [0.1, 0.15) is 11.6 Å². The standard InChI is InChI=1S/C9H7BrClFO/c1-5(13)4-6-8(11)3-2-7(10)9(6)12/h2-3H,4H2,1H3. The topological polar surface area (TPSA) is 17.1 Å². The van der Waals surface area contributed by atoms with Crippen LogP contribution in [0.3, 0.4) is 0 Å². The molecule has 1 aromatic carbocycles. The predicted octanol–water partition coefficient (Wildman–Crippen LogP) is 3.37. The molecule has 0 fully saturated rings. The summed E-state index contributed by atoms with van der Waals surface area (Å²) in [5.41, 5.74) is 0.253. The first-order valence-corrected chi connectivity index (χ1v) is 4.81. The van der Waals surface area contributed by atoms with Gasteiger partial charge in [-0.25, -0.2) is 4.39 Å². The van der Waals surface area contributed by atoms with E-state index in [1.165, 1.54) is 13.0 Å². The maximum Gasteiger partial charge on any atom is 0.142 e. The summed E-state index contributed by atoms with van der Waals surface area (Å²) >= 11 is 8.76. The fraction of sp³-hybridized carbons (Fsp3) is 0.222. The molecule has 4 heteroatoms. The maximum atomic E-state index is 13.3. The Morgan fingerprint density at radius 2 is 2.23 bits per heavy atom. The van der Waals surface area contributed by atoms with Crippen molar-refractivity contribution in [2.75, 3.05) is 0 Å². The molecule has 70 valence electrons. The Hall–Kier alpha value is -0.410. The molecule has 0 N–H and O–H groups in total. The number of carbonyl (C=O) groups excluding carboxylic acids is 1. The number of carbonyl (C=O) groups is 1. The van der Waals surface area contributed by atoms with Crippen LogP contribution in [0.25, 0.3) is 0 Å². The molecule has 1 nitrogen and oxygen atoms in total. The zero-order chi connectivity index (χ0) is 10.0. The van der Waals surface area contributed by atoms with Gasteiger partial charge in [0.25, 0.3) is 0 Å². The molecule has 0 aliphatic heterocycles. The van der Waals surface area contributed by atoms with Crippen LogP contribution in [-0.4, -0.2) is 5.78 Å². The lowest BCUT2D eigenvalue weighted by atomic mass is 10.1. The van der Waals surface area contributed by atoms with E-state index in [1.807, 2.05) is 0 Å². The van der Waals surface area contributed by atoms with E-state index < -0.39 is 5.82 Å². The second-order valence-corrected chi connectivity index (χ2v) is 3.96. The van der Waals surface area contributed by atoms with Crippen molar-refractivity contribution in [3.8, 4) is 0 Å². The van der Waals surface area contributed by atoms with E-state index in [1.54, 1.807) is 6.07 Å². The second kappa shape index (κ2) is 4.20. The van der Waals surface area contributed by atoms with Crippen LogP contribution in [0.5, 0.6) is 0 Å². The number of benzene rings is 1. The molecule has 0 saturated carbocycles. The molecule has 0 aliphatic carbocycles. The summed E-state index contributed by atoms with van der Waals surface area (Å²) in [5, 5.41) is 0.288. The smallest absolute Gasteiger partial charge is 0.142 e. The van der Waals surface area contributed by atoms with Crippen LogP contribution in [-0.2, 0) is 11.2 Å². The predicted molar refractivity (Wildman–Crippen MR) is 53.5 cm³/mol. The van der Waals surface area contributed by atoms with Gasteiger partial charge in [0, 0.05) is 17.0 Å². The van der Waals surface area contributed by atoms with Crippen LogP contribution in [0.4, 0.5) is 4.39 Å². The fourth-order valence-electron chi connectivity index (χ4n) is 0.980. The van der Waals surface area contributed by atoms with E-state index in [9.17, 15) is 9.18 Å². The number of Topliss-reactive ketones (excluding diaryl/α,β-unsaturated/α-hetero) is 1. The average molecular weight is 266 g/mol. The van der Waals surface area contributed by atoms with E-state index in [0.29, 0.717) is 4.47 Å². The van der Waals surface area contributed by atoms with Gasteiger partial charge in [-0.1, -0.05) is 11.6 Å². The van der Waals surface area contributed by atoms with E-state index >= 15 is 0 Å². The lowest BCUT2D eigenvalue weighted by molar-refractivity contribution is -0.116. The van der Waals surface area contributed by atoms with Gasteiger partial charge in [-0.05, 0) is 35.0 Å². The van der Waals surface area contributed by atoms with Gasteiger partial charge in [-0.3, -0.25) is 4.79 Å². The highest BCUT2D eigenvalue weighted by Crippen LogP contribution is 2.26. The van der Waals surface area contributed by atoms with Gasteiger partial charge < -0.3 is 0 Å². The first-order valence-electron chi connectivity index (χ1n) is 3.64. The summed E-state index contributed by atoms with van der Waals surface area (Å²) in [5.74, 6) is -0.568. The molecule has 0 saturated heterocycles. The highest BCUT2D eigenvalue weighted by Gasteiger charge is 2.12. The lowest BCUT2D eigenvalue weighted by Gasteiger charge is -2.04. The fourth-order valence-corrected chi connectivity index (χ4v) is 1.56. The Kier molecular flexibility index (Phi) is 3.45. The van der Waals surface area contributed by atoms with Crippen LogP contribution < -0.4 is 0 Å². The highest BCUT2D eigenvalue weighted by atomic mass is 79.9. The third-order valence-corrected chi connectivity index (χ3v) is 2.53. The van der Waals surface area contributed by atoms with Crippen molar-refractivity contribution in [1.82, 2.24) is 0 Å².